The van der Waals surface area contributed by atoms with Gasteiger partial charge in [0.25, 0.3) is 0 Å². The number of anilines is 1. The van der Waals surface area contributed by atoms with Gasteiger partial charge in [0, 0.05) is 38.2 Å². The van der Waals surface area contributed by atoms with Gasteiger partial charge in [0.1, 0.15) is 0 Å². The average Bonchev–Trinajstić information content (AvgIpc) is 3.25. The second-order valence-electron chi connectivity index (χ2n) is 8.42. The largest absolute Gasteiger partial charge is 0.490 e. The van der Waals surface area contributed by atoms with Crippen molar-refractivity contribution in [3.8, 4) is 0 Å². The van der Waals surface area contributed by atoms with Gasteiger partial charge in [-0.1, -0.05) is 6.07 Å². The Hall–Kier alpha value is -3.49. The molecule has 37 heavy (non-hydrogen) atoms. The molecule has 9 nitrogen and oxygen atoms in total. The smallest absolute Gasteiger partial charge is 0.475 e. The molecule has 0 amide bonds. The van der Waals surface area contributed by atoms with E-state index in [0.29, 0.717) is 5.41 Å². The summed E-state index contributed by atoms with van der Waals surface area (Å²) in [5, 5.41) is 14.2. The maximum Gasteiger partial charge on any atom is 0.490 e. The van der Waals surface area contributed by atoms with E-state index < -0.39 is 24.3 Å². The number of nitrogens with zero attached hydrogens (tertiary/aromatic N) is 5. The summed E-state index contributed by atoms with van der Waals surface area (Å²) in [7, 11) is 0. The molecule has 0 bridgehead atoms. The molecule has 0 aromatic carbocycles. The number of carbonyl (C=O) groups is 2. The Kier molecular flexibility index (Phi) is 10.2. The van der Waals surface area contributed by atoms with Crippen LogP contribution in [0.1, 0.15) is 25.0 Å². The molecule has 204 valence electrons. The summed E-state index contributed by atoms with van der Waals surface area (Å²) >= 11 is 0. The van der Waals surface area contributed by atoms with Crippen LogP contribution in [0.4, 0.5) is 32.3 Å². The third-order valence-corrected chi connectivity index (χ3v) is 5.79. The lowest BCUT2D eigenvalue weighted by molar-refractivity contribution is -0.193. The number of likely N-dealkylation sites (tertiary alicyclic amines) is 1. The Morgan fingerprint density at radius 3 is 1.76 bits per heavy atom. The second kappa shape index (κ2) is 12.7. The molecule has 0 saturated carbocycles. The maximum absolute atomic E-state index is 10.6. The van der Waals surface area contributed by atoms with Crippen LogP contribution in [0, 0.1) is 5.41 Å². The highest BCUT2D eigenvalue weighted by Crippen LogP contribution is 2.41. The molecule has 2 aliphatic heterocycles. The fourth-order valence-corrected chi connectivity index (χ4v) is 3.87. The highest BCUT2D eigenvalue weighted by Gasteiger charge is 2.41. The summed E-state index contributed by atoms with van der Waals surface area (Å²) in [5.41, 5.74) is 1.63. The number of carboxylic acids is 2. The number of pyridine rings is 1. The summed E-state index contributed by atoms with van der Waals surface area (Å²) in [4.78, 5) is 35.9. The number of carboxylic acid groups (broad SMARTS) is 2. The van der Waals surface area contributed by atoms with E-state index in [1.807, 2.05) is 30.7 Å². The fraction of sp³-hybridized carbons (Fsp3) is 0.500. The molecule has 2 saturated heterocycles. The summed E-state index contributed by atoms with van der Waals surface area (Å²) in [6.07, 6.45) is -0.809. The molecule has 4 rings (SSSR count). The third-order valence-electron chi connectivity index (χ3n) is 5.79. The number of piperidine rings is 1. The molecule has 15 heteroatoms. The van der Waals surface area contributed by atoms with Gasteiger partial charge in [-0.3, -0.25) is 9.88 Å². The molecule has 0 atom stereocenters. The van der Waals surface area contributed by atoms with Crippen molar-refractivity contribution in [1.29, 1.82) is 0 Å². The van der Waals surface area contributed by atoms with Crippen LogP contribution >= 0.6 is 0 Å². The lowest BCUT2D eigenvalue weighted by atomic mass is 9.78. The summed E-state index contributed by atoms with van der Waals surface area (Å²) < 4.78 is 63.5. The molecule has 2 N–H and O–H groups in total. The van der Waals surface area contributed by atoms with Gasteiger partial charge in [-0.2, -0.15) is 26.3 Å². The lowest BCUT2D eigenvalue weighted by Gasteiger charge is -2.39. The van der Waals surface area contributed by atoms with Crippen LogP contribution in [0.2, 0.25) is 0 Å². The Balaban J connectivity index is 0.000000286. The van der Waals surface area contributed by atoms with Gasteiger partial charge in [0.15, 0.2) is 0 Å². The van der Waals surface area contributed by atoms with Crippen LogP contribution in [0.25, 0.3) is 0 Å². The van der Waals surface area contributed by atoms with Gasteiger partial charge in [-0.05, 0) is 56.0 Å². The van der Waals surface area contributed by atoms with Crippen molar-refractivity contribution in [2.45, 2.75) is 38.2 Å². The SMILES string of the molecule is O=C(O)C(F)(F)F.O=C(O)C(F)(F)F.c1ccc(CN2CCC3(CC2)CCN(c2ncccn2)C3)nc1. The number of aromatic nitrogens is 3. The number of aliphatic carboxylic acids is 2. The van der Waals surface area contributed by atoms with E-state index in [1.165, 1.54) is 38.0 Å². The first kappa shape index (κ1) is 29.7. The van der Waals surface area contributed by atoms with Crippen LogP contribution in [-0.4, -0.2) is 80.5 Å². The molecule has 2 fully saturated rings. The maximum atomic E-state index is 10.6. The van der Waals surface area contributed by atoms with E-state index in [2.05, 4.69) is 36.9 Å². The second-order valence-corrected chi connectivity index (χ2v) is 8.42. The summed E-state index contributed by atoms with van der Waals surface area (Å²) in [6, 6.07) is 8.05. The van der Waals surface area contributed by atoms with Crippen LogP contribution < -0.4 is 4.90 Å². The minimum Gasteiger partial charge on any atom is -0.475 e. The monoisotopic (exact) mass is 537 g/mol. The van der Waals surface area contributed by atoms with Gasteiger partial charge in [0.2, 0.25) is 5.95 Å². The zero-order valence-electron chi connectivity index (χ0n) is 19.4. The summed E-state index contributed by atoms with van der Waals surface area (Å²) in [6.45, 7) is 5.50. The van der Waals surface area contributed by atoms with E-state index >= 15 is 0 Å². The van der Waals surface area contributed by atoms with Crippen LogP contribution in [-0.2, 0) is 16.1 Å². The summed E-state index contributed by atoms with van der Waals surface area (Å²) in [5.74, 6) is -4.62. The standard InChI is InChI=1S/C18H23N5.2C2HF3O2/c1-2-8-19-16(4-1)14-22-11-5-18(6-12-22)7-13-23(15-18)17-20-9-3-10-21-17;2*3-2(4,5)1(6)7/h1-4,8-10H,5-7,11-15H2;2*(H,6,7). The Morgan fingerprint density at radius 2 is 1.30 bits per heavy atom. The zero-order valence-corrected chi connectivity index (χ0v) is 19.4. The van der Waals surface area contributed by atoms with Crippen molar-refractivity contribution in [1.82, 2.24) is 19.9 Å². The van der Waals surface area contributed by atoms with E-state index in [9.17, 15) is 26.3 Å². The number of halogens is 6. The van der Waals surface area contributed by atoms with Gasteiger partial charge in [0.05, 0.1) is 5.69 Å². The minimum atomic E-state index is -5.08. The number of hydrogen-bond donors (Lipinski definition) is 2. The molecular formula is C22H25F6N5O4. The highest BCUT2D eigenvalue weighted by molar-refractivity contribution is 5.73. The predicted octanol–water partition coefficient (Wildman–Crippen LogP) is 3.63. The number of hydrogen-bond acceptors (Lipinski definition) is 7. The number of alkyl halides is 6. The molecule has 0 unspecified atom stereocenters. The first-order chi connectivity index (χ1) is 17.2. The van der Waals surface area contributed by atoms with Crippen molar-refractivity contribution in [3.63, 3.8) is 0 Å². The molecule has 2 aromatic rings. The van der Waals surface area contributed by atoms with E-state index in [1.54, 1.807) is 0 Å². The predicted molar refractivity (Wildman–Crippen MR) is 117 cm³/mol. The lowest BCUT2D eigenvalue weighted by Crippen LogP contribution is -2.41. The quantitative estimate of drug-likeness (QED) is 0.566. The first-order valence-electron chi connectivity index (χ1n) is 11.0. The molecule has 0 radical (unpaired) electrons. The molecule has 4 heterocycles. The Morgan fingerprint density at radius 1 is 0.811 bits per heavy atom. The van der Waals surface area contributed by atoms with E-state index in [4.69, 9.17) is 19.8 Å². The molecular weight excluding hydrogens is 512 g/mol. The van der Waals surface area contributed by atoms with Crippen molar-refractivity contribution < 1.29 is 46.1 Å². The molecule has 2 aliphatic rings. The van der Waals surface area contributed by atoms with Crippen LogP contribution in [0.15, 0.2) is 42.9 Å². The topological polar surface area (TPSA) is 120 Å². The Labute approximate surface area is 207 Å². The normalized spacial score (nSPS) is 17.3. The molecule has 2 aromatic heterocycles. The zero-order chi connectivity index (χ0) is 27.7. The molecule has 0 aliphatic carbocycles. The van der Waals surface area contributed by atoms with Gasteiger partial charge in [-0.15, -0.1) is 0 Å². The van der Waals surface area contributed by atoms with Crippen molar-refractivity contribution in [2.24, 2.45) is 5.41 Å². The third kappa shape index (κ3) is 9.82. The highest BCUT2D eigenvalue weighted by atomic mass is 19.4. The number of rotatable bonds is 3. The van der Waals surface area contributed by atoms with E-state index in [0.717, 1.165) is 25.6 Å². The average molecular weight is 537 g/mol. The van der Waals surface area contributed by atoms with Crippen LogP contribution in [0.5, 0.6) is 0 Å². The fourth-order valence-electron chi connectivity index (χ4n) is 3.87. The van der Waals surface area contributed by atoms with Gasteiger partial charge < -0.3 is 15.1 Å². The van der Waals surface area contributed by atoms with Crippen molar-refractivity contribution in [2.75, 3.05) is 31.1 Å². The van der Waals surface area contributed by atoms with Gasteiger partial charge in [-0.25, -0.2) is 19.6 Å². The first-order valence-corrected chi connectivity index (χ1v) is 11.0. The minimum absolute atomic E-state index is 0.458. The van der Waals surface area contributed by atoms with Crippen LogP contribution in [0.3, 0.4) is 0 Å². The van der Waals surface area contributed by atoms with Crippen molar-refractivity contribution in [3.05, 3.63) is 48.5 Å². The molecule has 1 spiro atoms. The van der Waals surface area contributed by atoms with Gasteiger partial charge >= 0.3 is 24.3 Å². The Bertz CT molecular complexity index is 976. The van der Waals surface area contributed by atoms with Crippen molar-refractivity contribution >= 4 is 17.9 Å². The van der Waals surface area contributed by atoms with E-state index in [-0.39, 0.29) is 0 Å².